The monoisotopic (exact) mass is 443 g/mol. The van der Waals surface area contributed by atoms with Gasteiger partial charge in [-0.15, -0.1) is 0 Å². The minimum Gasteiger partial charge on any atom is -0.503 e. The molecule has 4 aromatic rings. The molecule has 0 aliphatic heterocycles. The van der Waals surface area contributed by atoms with Gasteiger partial charge in [0.2, 0.25) is 5.82 Å². The highest BCUT2D eigenvalue weighted by Crippen LogP contribution is 2.32. The first kappa shape index (κ1) is 21.4. The van der Waals surface area contributed by atoms with Crippen LogP contribution in [0.3, 0.4) is 0 Å². The van der Waals surface area contributed by atoms with Crippen LogP contribution in [0.4, 0.5) is 19.1 Å². The number of phenolic OH excluding ortho intramolecular Hbond substituents is 1. The SMILES string of the molecule is CC(C)n1nccc1CN(Cc1ccccc1)c1noc(-c2cc(F)c(F)c(O)c2F)n1. The number of hydrogen-bond donors (Lipinski definition) is 1. The van der Waals surface area contributed by atoms with Crippen molar-refractivity contribution in [2.75, 3.05) is 4.90 Å². The minimum atomic E-state index is -1.68. The van der Waals surface area contributed by atoms with E-state index in [-0.39, 0.29) is 17.9 Å². The molecule has 0 atom stereocenters. The Morgan fingerprint density at radius 1 is 1.06 bits per heavy atom. The van der Waals surface area contributed by atoms with Crippen LogP contribution < -0.4 is 4.90 Å². The van der Waals surface area contributed by atoms with Gasteiger partial charge in [-0.3, -0.25) is 4.68 Å². The average molecular weight is 443 g/mol. The first-order valence-corrected chi connectivity index (χ1v) is 9.87. The maximum Gasteiger partial charge on any atom is 0.267 e. The molecule has 10 heteroatoms. The molecule has 2 heterocycles. The molecule has 0 radical (unpaired) electrons. The Hall–Kier alpha value is -3.82. The molecule has 0 aliphatic rings. The van der Waals surface area contributed by atoms with E-state index < -0.39 is 28.8 Å². The van der Waals surface area contributed by atoms with Crippen molar-refractivity contribution in [3.05, 3.63) is 77.4 Å². The van der Waals surface area contributed by atoms with Gasteiger partial charge in [-0.25, -0.2) is 8.78 Å². The van der Waals surface area contributed by atoms with Crippen LogP contribution >= 0.6 is 0 Å². The predicted octanol–water partition coefficient (Wildman–Crippen LogP) is 4.84. The molecule has 166 valence electrons. The number of halogens is 3. The lowest BCUT2D eigenvalue weighted by Crippen LogP contribution is -2.25. The summed E-state index contributed by atoms with van der Waals surface area (Å²) in [6.45, 7) is 4.76. The highest BCUT2D eigenvalue weighted by molar-refractivity contribution is 5.59. The van der Waals surface area contributed by atoms with Gasteiger partial charge in [-0.05, 0) is 36.7 Å². The Kier molecular flexibility index (Phi) is 5.85. The van der Waals surface area contributed by atoms with Crippen LogP contribution in [0.2, 0.25) is 0 Å². The molecule has 0 unspecified atom stereocenters. The number of benzene rings is 2. The van der Waals surface area contributed by atoms with Crippen LogP contribution in [0.25, 0.3) is 11.5 Å². The Balaban J connectivity index is 1.71. The van der Waals surface area contributed by atoms with Gasteiger partial charge in [0.15, 0.2) is 17.4 Å². The van der Waals surface area contributed by atoms with Gasteiger partial charge in [0.1, 0.15) is 0 Å². The van der Waals surface area contributed by atoms with Crippen molar-refractivity contribution in [1.82, 2.24) is 19.9 Å². The van der Waals surface area contributed by atoms with E-state index in [0.29, 0.717) is 19.2 Å². The molecule has 0 aliphatic carbocycles. The third kappa shape index (κ3) is 4.16. The van der Waals surface area contributed by atoms with Gasteiger partial charge in [-0.2, -0.15) is 14.5 Å². The first-order chi connectivity index (χ1) is 15.3. The summed E-state index contributed by atoms with van der Waals surface area (Å²) in [5.41, 5.74) is 1.32. The maximum absolute atomic E-state index is 14.3. The predicted molar refractivity (Wildman–Crippen MR) is 110 cm³/mol. The Morgan fingerprint density at radius 2 is 1.81 bits per heavy atom. The minimum absolute atomic E-state index is 0.115. The highest BCUT2D eigenvalue weighted by Gasteiger charge is 2.25. The fraction of sp³-hybridized carbons (Fsp3) is 0.227. The fourth-order valence-corrected chi connectivity index (χ4v) is 3.33. The lowest BCUT2D eigenvalue weighted by Gasteiger charge is -2.22. The van der Waals surface area contributed by atoms with Gasteiger partial charge in [-0.1, -0.05) is 30.3 Å². The molecule has 4 rings (SSSR count). The average Bonchev–Trinajstić information content (AvgIpc) is 3.45. The molecule has 1 N–H and O–H groups in total. The van der Waals surface area contributed by atoms with Crippen LogP contribution in [0.1, 0.15) is 31.1 Å². The van der Waals surface area contributed by atoms with E-state index in [9.17, 15) is 18.3 Å². The molecular formula is C22H20F3N5O2. The third-order valence-electron chi connectivity index (χ3n) is 4.87. The zero-order valence-electron chi connectivity index (χ0n) is 17.3. The summed E-state index contributed by atoms with van der Waals surface area (Å²) in [7, 11) is 0. The molecule has 0 saturated carbocycles. The van der Waals surface area contributed by atoms with Crippen molar-refractivity contribution in [1.29, 1.82) is 0 Å². The van der Waals surface area contributed by atoms with Crippen molar-refractivity contribution < 1.29 is 22.8 Å². The van der Waals surface area contributed by atoms with Crippen LogP contribution in [-0.2, 0) is 13.1 Å². The van der Waals surface area contributed by atoms with E-state index in [1.54, 1.807) is 11.1 Å². The number of phenols is 1. The summed E-state index contributed by atoms with van der Waals surface area (Å²) in [6.07, 6.45) is 1.69. The van der Waals surface area contributed by atoms with Gasteiger partial charge in [0.05, 0.1) is 17.8 Å². The van der Waals surface area contributed by atoms with Crippen molar-refractivity contribution in [2.24, 2.45) is 0 Å². The van der Waals surface area contributed by atoms with Gasteiger partial charge in [0.25, 0.3) is 11.8 Å². The second-order valence-corrected chi connectivity index (χ2v) is 7.48. The molecule has 32 heavy (non-hydrogen) atoms. The molecule has 0 bridgehead atoms. The second kappa shape index (κ2) is 8.74. The van der Waals surface area contributed by atoms with Crippen molar-refractivity contribution in [2.45, 2.75) is 33.0 Å². The molecule has 0 spiro atoms. The van der Waals surface area contributed by atoms with Gasteiger partial charge >= 0.3 is 0 Å². The molecule has 0 fully saturated rings. The van der Waals surface area contributed by atoms with E-state index in [2.05, 4.69) is 15.2 Å². The number of hydrogen-bond acceptors (Lipinski definition) is 6. The summed E-state index contributed by atoms with van der Waals surface area (Å²) in [5, 5.41) is 17.7. The standard InChI is InChI=1S/C22H20F3N5O2/c1-13(2)30-15(8-9-26-30)12-29(11-14-6-4-3-5-7-14)22-27-21(32-28-22)16-10-17(23)19(25)20(31)18(16)24/h3-10,13,31H,11-12H2,1-2H3. The lowest BCUT2D eigenvalue weighted by molar-refractivity contribution is 0.374. The summed E-state index contributed by atoms with van der Waals surface area (Å²) < 4.78 is 48.5. The Labute approximate surface area is 181 Å². The van der Waals surface area contributed by atoms with Crippen LogP contribution in [0.5, 0.6) is 5.75 Å². The first-order valence-electron chi connectivity index (χ1n) is 9.87. The second-order valence-electron chi connectivity index (χ2n) is 7.48. The smallest absolute Gasteiger partial charge is 0.267 e. The van der Waals surface area contributed by atoms with Gasteiger partial charge in [0, 0.05) is 18.8 Å². The number of nitrogens with zero attached hydrogens (tertiary/aromatic N) is 5. The quantitative estimate of drug-likeness (QED) is 0.412. The highest BCUT2D eigenvalue weighted by atomic mass is 19.2. The van der Waals surface area contributed by atoms with Crippen LogP contribution in [0.15, 0.2) is 53.2 Å². The van der Waals surface area contributed by atoms with Crippen molar-refractivity contribution in [3.63, 3.8) is 0 Å². The summed E-state index contributed by atoms with van der Waals surface area (Å²) in [4.78, 5) is 5.97. The van der Waals surface area contributed by atoms with E-state index in [1.165, 1.54) is 0 Å². The summed E-state index contributed by atoms with van der Waals surface area (Å²) >= 11 is 0. The van der Waals surface area contributed by atoms with Crippen molar-refractivity contribution >= 4 is 5.95 Å². The van der Waals surface area contributed by atoms with Gasteiger partial charge < -0.3 is 14.5 Å². The largest absolute Gasteiger partial charge is 0.503 e. The zero-order valence-corrected chi connectivity index (χ0v) is 17.3. The fourth-order valence-electron chi connectivity index (χ4n) is 3.33. The third-order valence-corrected chi connectivity index (χ3v) is 4.87. The topological polar surface area (TPSA) is 80.2 Å². The molecule has 0 amide bonds. The Morgan fingerprint density at radius 3 is 2.53 bits per heavy atom. The number of aromatic nitrogens is 4. The zero-order chi connectivity index (χ0) is 22.8. The molecule has 7 nitrogen and oxygen atoms in total. The van der Waals surface area contributed by atoms with E-state index in [1.807, 2.05) is 54.9 Å². The van der Waals surface area contributed by atoms with E-state index in [0.717, 1.165) is 11.3 Å². The normalized spacial score (nSPS) is 11.3. The maximum atomic E-state index is 14.3. The number of aromatic hydroxyl groups is 1. The van der Waals surface area contributed by atoms with Crippen LogP contribution in [0, 0.1) is 17.5 Å². The van der Waals surface area contributed by atoms with Crippen LogP contribution in [-0.4, -0.2) is 25.0 Å². The molecule has 0 saturated heterocycles. The van der Waals surface area contributed by atoms with E-state index >= 15 is 0 Å². The molecule has 2 aromatic carbocycles. The lowest BCUT2D eigenvalue weighted by atomic mass is 10.2. The van der Waals surface area contributed by atoms with E-state index in [4.69, 9.17) is 4.52 Å². The summed E-state index contributed by atoms with van der Waals surface area (Å²) in [6, 6.07) is 12.1. The Bertz CT molecular complexity index is 1220. The number of anilines is 1. The van der Waals surface area contributed by atoms with Crippen molar-refractivity contribution in [3.8, 4) is 17.2 Å². The molecule has 2 aromatic heterocycles. The summed E-state index contributed by atoms with van der Waals surface area (Å²) in [5.74, 6) is -6.21. The molecular weight excluding hydrogens is 423 g/mol. The number of rotatable bonds is 7.